The number of hydrogen-bond acceptors (Lipinski definition) is 3. The Morgan fingerprint density at radius 3 is 2.19 bits per heavy atom. The van der Waals surface area contributed by atoms with Crippen molar-refractivity contribution in [2.24, 2.45) is 17.8 Å². The van der Waals surface area contributed by atoms with Crippen LogP contribution in [0.2, 0.25) is 0 Å². The molecule has 4 saturated carbocycles. The smallest absolute Gasteiger partial charge is 0.328 e. The number of carboxylic acid groups (broad SMARTS) is 1. The van der Waals surface area contributed by atoms with Crippen molar-refractivity contribution in [1.29, 1.82) is 0 Å². The standard InChI is InChI=1S/C27H30O4/c1-2-21-19(5-8-25(30)31)3-7-24(29)26(21)20-4-6-23(28)22(12-20)27-13-16-9-17(14-27)11-18(10-16)15-27/h3-8,12,16-18,28-29H,2,9-11,13-15H2,1H3,(H,30,31). The molecule has 162 valence electrons. The molecule has 4 nitrogen and oxygen atoms in total. The van der Waals surface area contributed by atoms with E-state index in [2.05, 4.69) is 6.07 Å². The number of carboxylic acids is 1. The second kappa shape index (κ2) is 7.44. The molecular formula is C27H30O4. The molecule has 0 aliphatic heterocycles. The highest BCUT2D eigenvalue weighted by Gasteiger charge is 2.52. The second-order valence-corrected chi connectivity index (χ2v) is 9.98. The van der Waals surface area contributed by atoms with Crippen molar-refractivity contribution in [1.82, 2.24) is 0 Å². The van der Waals surface area contributed by atoms with Gasteiger partial charge in [-0.3, -0.25) is 0 Å². The van der Waals surface area contributed by atoms with E-state index in [4.69, 9.17) is 5.11 Å². The Hall–Kier alpha value is -2.75. The summed E-state index contributed by atoms with van der Waals surface area (Å²) in [6.07, 6.45) is 10.9. The lowest BCUT2D eigenvalue weighted by atomic mass is 9.48. The van der Waals surface area contributed by atoms with Crippen LogP contribution in [0.1, 0.15) is 62.1 Å². The molecular weight excluding hydrogens is 388 g/mol. The van der Waals surface area contributed by atoms with Crippen LogP contribution in [0.5, 0.6) is 11.5 Å². The first-order valence-electron chi connectivity index (χ1n) is 11.5. The molecule has 0 saturated heterocycles. The summed E-state index contributed by atoms with van der Waals surface area (Å²) in [4.78, 5) is 11.0. The molecule has 4 aliphatic rings. The first-order valence-corrected chi connectivity index (χ1v) is 11.5. The van der Waals surface area contributed by atoms with Crippen LogP contribution in [0.3, 0.4) is 0 Å². The van der Waals surface area contributed by atoms with Crippen LogP contribution < -0.4 is 0 Å². The molecule has 3 N–H and O–H groups in total. The molecule has 2 aromatic carbocycles. The van der Waals surface area contributed by atoms with Crippen molar-refractivity contribution in [3.8, 4) is 22.6 Å². The average Bonchev–Trinajstić information content (AvgIpc) is 2.72. The van der Waals surface area contributed by atoms with Crippen LogP contribution in [-0.4, -0.2) is 21.3 Å². The monoisotopic (exact) mass is 418 g/mol. The molecule has 0 heterocycles. The molecule has 0 atom stereocenters. The van der Waals surface area contributed by atoms with E-state index < -0.39 is 5.97 Å². The summed E-state index contributed by atoms with van der Waals surface area (Å²) in [7, 11) is 0. The van der Waals surface area contributed by atoms with E-state index in [0.29, 0.717) is 12.2 Å². The molecule has 0 unspecified atom stereocenters. The predicted molar refractivity (Wildman–Crippen MR) is 121 cm³/mol. The van der Waals surface area contributed by atoms with Gasteiger partial charge in [0.25, 0.3) is 0 Å². The van der Waals surface area contributed by atoms with Crippen LogP contribution in [0, 0.1) is 17.8 Å². The Labute approximate surface area is 183 Å². The van der Waals surface area contributed by atoms with Gasteiger partial charge in [-0.15, -0.1) is 0 Å². The van der Waals surface area contributed by atoms with Gasteiger partial charge < -0.3 is 15.3 Å². The van der Waals surface area contributed by atoms with Crippen LogP contribution in [0.4, 0.5) is 0 Å². The van der Waals surface area contributed by atoms with Crippen molar-refractivity contribution in [3.63, 3.8) is 0 Å². The summed E-state index contributed by atoms with van der Waals surface area (Å²) in [5.74, 6) is 1.89. The lowest BCUT2D eigenvalue weighted by Crippen LogP contribution is -2.48. The van der Waals surface area contributed by atoms with Gasteiger partial charge in [0.2, 0.25) is 0 Å². The third-order valence-electron chi connectivity index (χ3n) is 7.98. The van der Waals surface area contributed by atoms with E-state index in [9.17, 15) is 15.0 Å². The van der Waals surface area contributed by atoms with Gasteiger partial charge in [0.05, 0.1) is 0 Å². The molecule has 4 heteroatoms. The SMILES string of the molecule is CCc1c(C=CC(=O)O)ccc(O)c1-c1ccc(O)c(C23CC4CC(CC(C4)C2)C3)c1. The summed E-state index contributed by atoms with van der Waals surface area (Å²) in [6, 6.07) is 9.15. The fourth-order valence-corrected chi connectivity index (χ4v) is 7.23. The molecule has 4 aliphatic carbocycles. The first kappa shape index (κ1) is 20.2. The zero-order valence-electron chi connectivity index (χ0n) is 18.0. The number of aliphatic carboxylic acids is 1. The number of rotatable bonds is 5. The molecule has 0 amide bonds. The number of carbonyl (C=O) groups is 1. The van der Waals surface area contributed by atoms with Crippen LogP contribution in [0.25, 0.3) is 17.2 Å². The maximum atomic E-state index is 11.0. The maximum Gasteiger partial charge on any atom is 0.328 e. The largest absolute Gasteiger partial charge is 0.508 e. The molecule has 0 radical (unpaired) electrons. The molecule has 2 aromatic rings. The minimum Gasteiger partial charge on any atom is -0.508 e. The molecule has 6 rings (SSSR count). The van der Waals surface area contributed by atoms with E-state index in [0.717, 1.165) is 70.9 Å². The van der Waals surface area contributed by atoms with Gasteiger partial charge in [0, 0.05) is 17.2 Å². The van der Waals surface area contributed by atoms with Crippen molar-refractivity contribution < 1.29 is 20.1 Å². The predicted octanol–water partition coefficient (Wildman–Crippen LogP) is 5.89. The van der Waals surface area contributed by atoms with Gasteiger partial charge in [0.1, 0.15) is 11.5 Å². The highest BCUT2D eigenvalue weighted by Crippen LogP contribution is 2.62. The number of hydrogen-bond donors (Lipinski definition) is 3. The Balaban J connectivity index is 1.62. The third-order valence-corrected chi connectivity index (χ3v) is 7.98. The van der Waals surface area contributed by atoms with Gasteiger partial charge in [-0.1, -0.05) is 19.1 Å². The van der Waals surface area contributed by atoms with Crippen molar-refractivity contribution >= 4 is 12.0 Å². The van der Waals surface area contributed by atoms with E-state index in [1.807, 2.05) is 13.0 Å². The Kier molecular flexibility index (Phi) is 4.84. The van der Waals surface area contributed by atoms with Gasteiger partial charge in [0.15, 0.2) is 0 Å². The topological polar surface area (TPSA) is 77.8 Å². The van der Waals surface area contributed by atoms with E-state index >= 15 is 0 Å². The number of benzene rings is 2. The van der Waals surface area contributed by atoms with Crippen molar-refractivity contribution in [3.05, 3.63) is 53.1 Å². The van der Waals surface area contributed by atoms with Crippen LogP contribution in [-0.2, 0) is 16.6 Å². The highest BCUT2D eigenvalue weighted by molar-refractivity contribution is 5.87. The van der Waals surface area contributed by atoms with Gasteiger partial charge in [-0.05, 0) is 109 Å². The fraction of sp³-hybridized carbons (Fsp3) is 0.444. The fourth-order valence-electron chi connectivity index (χ4n) is 7.23. The zero-order chi connectivity index (χ0) is 21.8. The van der Waals surface area contributed by atoms with E-state index in [1.54, 1.807) is 24.3 Å². The summed E-state index contributed by atoms with van der Waals surface area (Å²) in [6.45, 7) is 2.01. The van der Waals surface area contributed by atoms with E-state index in [1.165, 1.54) is 19.3 Å². The van der Waals surface area contributed by atoms with Crippen LogP contribution >= 0.6 is 0 Å². The molecule has 4 bridgehead atoms. The normalized spacial score (nSPS) is 29.0. The molecule has 0 spiro atoms. The quantitative estimate of drug-likeness (QED) is 0.529. The first-order chi connectivity index (χ1) is 14.9. The minimum absolute atomic E-state index is 0.0532. The van der Waals surface area contributed by atoms with Crippen molar-refractivity contribution in [2.45, 2.75) is 57.3 Å². The average molecular weight is 419 g/mol. The van der Waals surface area contributed by atoms with Crippen LogP contribution in [0.15, 0.2) is 36.4 Å². The zero-order valence-corrected chi connectivity index (χ0v) is 18.0. The van der Waals surface area contributed by atoms with E-state index in [-0.39, 0.29) is 11.2 Å². The maximum absolute atomic E-state index is 11.0. The Morgan fingerprint density at radius 2 is 1.61 bits per heavy atom. The second-order valence-electron chi connectivity index (χ2n) is 9.98. The summed E-state index contributed by atoms with van der Waals surface area (Å²) < 4.78 is 0. The summed E-state index contributed by atoms with van der Waals surface area (Å²) >= 11 is 0. The molecule has 31 heavy (non-hydrogen) atoms. The van der Waals surface area contributed by atoms with Crippen molar-refractivity contribution in [2.75, 3.05) is 0 Å². The van der Waals surface area contributed by atoms with Gasteiger partial charge in [-0.2, -0.15) is 0 Å². The van der Waals surface area contributed by atoms with Gasteiger partial charge >= 0.3 is 5.97 Å². The lowest BCUT2D eigenvalue weighted by molar-refractivity contribution is -0.131. The Bertz CT molecular complexity index is 1030. The number of phenolic OH excluding ortho intramolecular Hbond substituents is 2. The third kappa shape index (κ3) is 3.42. The summed E-state index contributed by atoms with van der Waals surface area (Å²) in [5, 5.41) is 30.7. The highest BCUT2D eigenvalue weighted by atomic mass is 16.4. The lowest BCUT2D eigenvalue weighted by Gasteiger charge is -2.57. The van der Waals surface area contributed by atoms with Gasteiger partial charge in [-0.25, -0.2) is 4.79 Å². The number of phenols is 2. The minimum atomic E-state index is -0.995. The molecule has 0 aromatic heterocycles. The Morgan fingerprint density at radius 1 is 1.00 bits per heavy atom. The molecule has 4 fully saturated rings. The number of aromatic hydroxyl groups is 2. The summed E-state index contributed by atoms with van der Waals surface area (Å²) in [5.41, 5.74) is 4.43.